The molecule has 0 radical (unpaired) electrons. The van der Waals surface area contributed by atoms with Crippen molar-refractivity contribution in [2.45, 2.75) is 12.8 Å². The standard InChI is InChI=1S/C14H23N3O3S/c1-16(2)14-5-3-13(4-6-14)15-21(19,20)17-9-7-12(11-18)8-10-17/h3-6,12,15,18H,7-11H2,1-2H3. The maximum atomic E-state index is 12.3. The van der Waals surface area contributed by atoms with Gasteiger partial charge in [0.1, 0.15) is 0 Å². The van der Waals surface area contributed by atoms with Crippen molar-refractivity contribution in [2.75, 3.05) is 43.4 Å². The number of aliphatic hydroxyl groups is 1. The fraction of sp³-hybridized carbons (Fsp3) is 0.571. The van der Waals surface area contributed by atoms with Gasteiger partial charge in [0.05, 0.1) is 0 Å². The van der Waals surface area contributed by atoms with Crippen LogP contribution in [0.3, 0.4) is 0 Å². The minimum absolute atomic E-state index is 0.132. The number of nitrogens with one attached hydrogen (secondary N) is 1. The molecular weight excluding hydrogens is 290 g/mol. The summed E-state index contributed by atoms with van der Waals surface area (Å²) in [6, 6.07) is 7.26. The predicted molar refractivity (Wildman–Crippen MR) is 84.7 cm³/mol. The summed E-state index contributed by atoms with van der Waals surface area (Å²) in [4.78, 5) is 1.96. The largest absolute Gasteiger partial charge is 0.396 e. The molecule has 0 atom stereocenters. The Bertz CT molecular complexity index is 549. The molecule has 2 N–H and O–H groups in total. The highest BCUT2D eigenvalue weighted by atomic mass is 32.2. The van der Waals surface area contributed by atoms with E-state index in [1.54, 1.807) is 12.1 Å². The fourth-order valence-corrected chi connectivity index (χ4v) is 3.63. The summed E-state index contributed by atoms with van der Waals surface area (Å²) in [5.74, 6) is 0.218. The molecule has 1 saturated heterocycles. The highest BCUT2D eigenvalue weighted by molar-refractivity contribution is 7.90. The zero-order chi connectivity index (χ0) is 15.5. The van der Waals surface area contributed by atoms with Gasteiger partial charge in [-0.05, 0) is 43.0 Å². The SMILES string of the molecule is CN(C)c1ccc(NS(=O)(=O)N2CCC(CO)CC2)cc1. The van der Waals surface area contributed by atoms with E-state index in [2.05, 4.69) is 4.72 Å². The second-order valence-corrected chi connectivity index (χ2v) is 7.24. The highest BCUT2D eigenvalue weighted by Crippen LogP contribution is 2.21. The zero-order valence-electron chi connectivity index (χ0n) is 12.5. The van der Waals surface area contributed by atoms with Crippen LogP contribution in [-0.4, -0.2) is 51.6 Å². The second-order valence-electron chi connectivity index (χ2n) is 5.57. The van der Waals surface area contributed by atoms with Gasteiger partial charge in [-0.15, -0.1) is 0 Å². The topological polar surface area (TPSA) is 72.9 Å². The smallest absolute Gasteiger partial charge is 0.301 e. The van der Waals surface area contributed by atoms with Crippen molar-refractivity contribution in [3.63, 3.8) is 0 Å². The molecule has 1 aromatic rings. The van der Waals surface area contributed by atoms with Crippen molar-refractivity contribution in [2.24, 2.45) is 5.92 Å². The molecule has 1 fully saturated rings. The molecule has 2 rings (SSSR count). The lowest BCUT2D eigenvalue weighted by molar-refractivity contribution is 0.170. The van der Waals surface area contributed by atoms with Gasteiger partial charge >= 0.3 is 10.2 Å². The molecule has 21 heavy (non-hydrogen) atoms. The molecule has 7 heteroatoms. The maximum absolute atomic E-state index is 12.3. The van der Waals surface area contributed by atoms with Crippen molar-refractivity contribution >= 4 is 21.6 Å². The lowest BCUT2D eigenvalue weighted by Crippen LogP contribution is -2.42. The number of nitrogens with zero attached hydrogens (tertiary/aromatic N) is 2. The predicted octanol–water partition coefficient (Wildman–Crippen LogP) is 1.11. The Kier molecular flexibility index (Phi) is 5.08. The first-order valence-corrected chi connectivity index (χ1v) is 8.52. The maximum Gasteiger partial charge on any atom is 0.301 e. The Hall–Kier alpha value is -1.31. The average Bonchev–Trinajstić information content (AvgIpc) is 2.47. The Morgan fingerprint density at radius 3 is 2.29 bits per heavy atom. The summed E-state index contributed by atoms with van der Waals surface area (Å²) in [6.07, 6.45) is 1.41. The van der Waals surface area contributed by atoms with Gasteiger partial charge in [-0.25, -0.2) is 0 Å². The molecule has 1 aliphatic heterocycles. The molecular formula is C14H23N3O3S. The van der Waals surface area contributed by atoms with Crippen LogP contribution in [0.2, 0.25) is 0 Å². The summed E-state index contributed by atoms with van der Waals surface area (Å²) in [5, 5.41) is 9.10. The van der Waals surface area contributed by atoms with Crippen molar-refractivity contribution < 1.29 is 13.5 Å². The van der Waals surface area contributed by atoms with Crippen LogP contribution < -0.4 is 9.62 Å². The van der Waals surface area contributed by atoms with Gasteiger partial charge in [0.2, 0.25) is 0 Å². The molecule has 1 heterocycles. The molecule has 1 aromatic carbocycles. The number of hydrogen-bond acceptors (Lipinski definition) is 4. The van der Waals surface area contributed by atoms with E-state index in [4.69, 9.17) is 5.11 Å². The molecule has 1 aliphatic rings. The first kappa shape index (κ1) is 16.1. The third-order valence-corrected chi connectivity index (χ3v) is 5.34. The van der Waals surface area contributed by atoms with Crippen molar-refractivity contribution in [1.29, 1.82) is 0 Å². The van der Waals surface area contributed by atoms with Crippen LogP contribution in [0.5, 0.6) is 0 Å². The quantitative estimate of drug-likeness (QED) is 0.854. The Labute approximate surface area is 126 Å². The lowest BCUT2D eigenvalue weighted by atomic mass is 10.00. The summed E-state index contributed by atoms with van der Waals surface area (Å²) in [5.41, 5.74) is 1.58. The van der Waals surface area contributed by atoms with Gasteiger partial charge in [0.15, 0.2) is 0 Å². The van der Waals surface area contributed by atoms with Gasteiger partial charge in [-0.2, -0.15) is 12.7 Å². The lowest BCUT2D eigenvalue weighted by Gasteiger charge is -2.30. The number of rotatable bonds is 5. The summed E-state index contributed by atoms with van der Waals surface area (Å²) >= 11 is 0. The number of aliphatic hydroxyl groups excluding tert-OH is 1. The third-order valence-electron chi connectivity index (χ3n) is 3.80. The third kappa shape index (κ3) is 4.09. The molecule has 118 valence electrons. The van der Waals surface area contributed by atoms with Gasteiger partial charge in [-0.3, -0.25) is 4.72 Å². The van der Waals surface area contributed by atoms with E-state index in [0.29, 0.717) is 31.6 Å². The first-order chi connectivity index (χ1) is 9.92. The summed E-state index contributed by atoms with van der Waals surface area (Å²) in [6.45, 7) is 1.04. The molecule has 6 nitrogen and oxygen atoms in total. The highest BCUT2D eigenvalue weighted by Gasteiger charge is 2.27. The second kappa shape index (κ2) is 6.64. The van der Waals surface area contributed by atoms with Crippen LogP contribution in [0.15, 0.2) is 24.3 Å². The van der Waals surface area contributed by atoms with Crippen molar-refractivity contribution in [3.05, 3.63) is 24.3 Å². The van der Waals surface area contributed by atoms with E-state index in [1.807, 2.05) is 31.1 Å². The van der Waals surface area contributed by atoms with E-state index in [9.17, 15) is 8.42 Å². The minimum atomic E-state index is -3.51. The molecule has 0 unspecified atom stereocenters. The van der Waals surface area contributed by atoms with Gasteiger partial charge in [0.25, 0.3) is 0 Å². The number of benzene rings is 1. The molecule has 0 spiro atoms. The Morgan fingerprint density at radius 1 is 1.24 bits per heavy atom. The van der Waals surface area contributed by atoms with E-state index in [0.717, 1.165) is 5.69 Å². The van der Waals surface area contributed by atoms with Gasteiger partial charge in [-0.1, -0.05) is 0 Å². The van der Waals surface area contributed by atoms with E-state index in [1.165, 1.54) is 4.31 Å². The number of anilines is 2. The van der Waals surface area contributed by atoms with E-state index < -0.39 is 10.2 Å². The van der Waals surface area contributed by atoms with Gasteiger partial charge < -0.3 is 10.0 Å². The van der Waals surface area contributed by atoms with Crippen LogP contribution in [-0.2, 0) is 10.2 Å². The fourth-order valence-electron chi connectivity index (χ4n) is 2.37. The Balaban J connectivity index is 2.01. The van der Waals surface area contributed by atoms with Crippen LogP contribution in [0.1, 0.15) is 12.8 Å². The van der Waals surface area contributed by atoms with E-state index >= 15 is 0 Å². The van der Waals surface area contributed by atoms with Crippen LogP contribution >= 0.6 is 0 Å². The molecule has 0 aliphatic carbocycles. The van der Waals surface area contributed by atoms with Crippen molar-refractivity contribution in [3.8, 4) is 0 Å². The zero-order valence-corrected chi connectivity index (χ0v) is 13.3. The molecule has 0 bridgehead atoms. The molecule has 0 saturated carbocycles. The Morgan fingerprint density at radius 2 is 1.81 bits per heavy atom. The van der Waals surface area contributed by atoms with E-state index in [-0.39, 0.29) is 12.5 Å². The van der Waals surface area contributed by atoms with Gasteiger partial charge in [0, 0.05) is 45.2 Å². The molecule has 0 amide bonds. The number of piperidine rings is 1. The van der Waals surface area contributed by atoms with Crippen LogP contribution in [0.25, 0.3) is 0 Å². The molecule has 0 aromatic heterocycles. The minimum Gasteiger partial charge on any atom is -0.396 e. The first-order valence-electron chi connectivity index (χ1n) is 7.08. The monoisotopic (exact) mass is 313 g/mol. The van der Waals surface area contributed by atoms with Crippen molar-refractivity contribution in [1.82, 2.24) is 4.31 Å². The van der Waals surface area contributed by atoms with Crippen LogP contribution in [0, 0.1) is 5.92 Å². The number of hydrogen-bond donors (Lipinski definition) is 2. The van der Waals surface area contributed by atoms with Crippen LogP contribution in [0.4, 0.5) is 11.4 Å². The summed E-state index contributed by atoms with van der Waals surface area (Å²) < 4.78 is 28.7. The normalized spacial score (nSPS) is 17.7. The average molecular weight is 313 g/mol. The summed E-state index contributed by atoms with van der Waals surface area (Å²) in [7, 11) is 0.357.